The number of benzene rings is 1. The lowest BCUT2D eigenvalue weighted by Crippen LogP contribution is -2.57. The van der Waals surface area contributed by atoms with Crippen molar-refractivity contribution in [2.24, 2.45) is 0 Å². The summed E-state index contributed by atoms with van der Waals surface area (Å²) in [6.45, 7) is 1.97. The molecule has 1 aromatic rings. The summed E-state index contributed by atoms with van der Waals surface area (Å²) in [6.07, 6.45) is 4.92. The standard InChI is InChI=1S/C16H23FN2O/c1-12(19(2,3)15-6-4-5-7-15)16(20)18-14-10-8-13(17)9-11-14/h8-12,15H,4-7H2,1-3H3/p+1/t12-/m0/s1. The lowest BCUT2D eigenvalue weighted by molar-refractivity contribution is -0.927. The number of nitrogens with one attached hydrogen (secondary N) is 1. The quantitative estimate of drug-likeness (QED) is 0.843. The number of amides is 1. The van der Waals surface area contributed by atoms with Gasteiger partial charge in [-0.3, -0.25) is 4.79 Å². The lowest BCUT2D eigenvalue weighted by Gasteiger charge is -2.40. The number of rotatable bonds is 4. The first-order chi connectivity index (χ1) is 9.41. The molecule has 0 unspecified atom stereocenters. The molecule has 0 saturated heterocycles. The van der Waals surface area contributed by atoms with Gasteiger partial charge in [0.05, 0.1) is 20.1 Å². The maximum Gasteiger partial charge on any atom is 0.282 e. The molecule has 1 amide bonds. The third kappa shape index (κ3) is 3.18. The maximum atomic E-state index is 12.9. The molecule has 1 saturated carbocycles. The van der Waals surface area contributed by atoms with Crippen LogP contribution in [0, 0.1) is 5.82 Å². The van der Waals surface area contributed by atoms with Crippen LogP contribution in [0.4, 0.5) is 10.1 Å². The molecule has 1 aliphatic carbocycles. The fraction of sp³-hybridized carbons (Fsp3) is 0.562. The van der Waals surface area contributed by atoms with E-state index in [1.165, 1.54) is 37.8 Å². The zero-order chi connectivity index (χ0) is 14.8. The normalized spacial score (nSPS) is 18.0. The summed E-state index contributed by atoms with van der Waals surface area (Å²) in [5.41, 5.74) is 0.648. The van der Waals surface area contributed by atoms with E-state index in [9.17, 15) is 9.18 Å². The van der Waals surface area contributed by atoms with E-state index < -0.39 is 0 Å². The number of carbonyl (C=O) groups excluding carboxylic acids is 1. The summed E-state index contributed by atoms with van der Waals surface area (Å²) in [5, 5.41) is 2.88. The molecule has 1 atom stereocenters. The van der Waals surface area contributed by atoms with E-state index in [1.807, 2.05) is 6.92 Å². The summed E-state index contributed by atoms with van der Waals surface area (Å²) in [7, 11) is 4.26. The van der Waals surface area contributed by atoms with Gasteiger partial charge in [-0.25, -0.2) is 4.39 Å². The summed E-state index contributed by atoms with van der Waals surface area (Å²) in [5.74, 6) is -0.299. The molecule has 1 fully saturated rings. The van der Waals surface area contributed by atoms with Crippen molar-refractivity contribution in [1.29, 1.82) is 0 Å². The zero-order valence-electron chi connectivity index (χ0n) is 12.5. The summed E-state index contributed by atoms with van der Waals surface area (Å²) < 4.78 is 13.6. The smallest absolute Gasteiger partial charge is 0.282 e. The van der Waals surface area contributed by atoms with Crippen LogP contribution < -0.4 is 5.32 Å². The maximum absolute atomic E-state index is 12.9. The average molecular weight is 279 g/mol. The second-order valence-electron chi connectivity index (χ2n) is 6.24. The van der Waals surface area contributed by atoms with Crippen molar-refractivity contribution in [1.82, 2.24) is 0 Å². The molecule has 0 radical (unpaired) electrons. The fourth-order valence-electron chi connectivity index (χ4n) is 2.97. The third-order valence-corrected chi connectivity index (χ3v) is 4.76. The van der Waals surface area contributed by atoms with Crippen LogP contribution in [0.1, 0.15) is 32.6 Å². The first-order valence-electron chi connectivity index (χ1n) is 7.31. The summed E-state index contributed by atoms with van der Waals surface area (Å²) >= 11 is 0. The molecule has 3 nitrogen and oxygen atoms in total. The molecule has 0 bridgehead atoms. The van der Waals surface area contributed by atoms with Crippen molar-refractivity contribution in [2.45, 2.75) is 44.7 Å². The minimum Gasteiger partial charge on any atom is -0.321 e. The van der Waals surface area contributed by atoms with Crippen LogP contribution in [-0.2, 0) is 4.79 Å². The highest BCUT2D eigenvalue weighted by Gasteiger charge is 2.39. The van der Waals surface area contributed by atoms with E-state index in [-0.39, 0.29) is 17.8 Å². The Labute approximate surface area is 120 Å². The molecule has 4 heteroatoms. The zero-order valence-corrected chi connectivity index (χ0v) is 12.5. The van der Waals surface area contributed by atoms with E-state index in [2.05, 4.69) is 19.4 Å². The van der Waals surface area contributed by atoms with Gasteiger partial charge in [-0.15, -0.1) is 0 Å². The van der Waals surface area contributed by atoms with E-state index in [0.717, 1.165) is 0 Å². The second-order valence-corrected chi connectivity index (χ2v) is 6.24. The van der Waals surface area contributed by atoms with Crippen LogP contribution in [0.5, 0.6) is 0 Å². The van der Waals surface area contributed by atoms with E-state index in [0.29, 0.717) is 16.2 Å². The highest BCUT2D eigenvalue weighted by atomic mass is 19.1. The van der Waals surface area contributed by atoms with E-state index in [1.54, 1.807) is 12.1 Å². The molecular weight excluding hydrogens is 255 g/mol. The molecule has 0 aromatic heterocycles. The lowest BCUT2D eigenvalue weighted by atomic mass is 10.1. The number of hydrogen-bond acceptors (Lipinski definition) is 1. The molecule has 20 heavy (non-hydrogen) atoms. The predicted octanol–water partition coefficient (Wildman–Crippen LogP) is 3.17. The van der Waals surface area contributed by atoms with Gasteiger partial charge in [0.2, 0.25) is 0 Å². The first kappa shape index (κ1) is 15.0. The minimum absolute atomic E-state index is 0.00601. The van der Waals surface area contributed by atoms with Crippen molar-refractivity contribution in [2.75, 3.05) is 19.4 Å². The molecule has 0 heterocycles. The number of hydrogen-bond donors (Lipinski definition) is 1. The van der Waals surface area contributed by atoms with Crippen molar-refractivity contribution >= 4 is 11.6 Å². The molecule has 0 aliphatic heterocycles. The fourth-order valence-corrected chi connectivity index (χ4v) is 2.97. The van der Waals surface area contributed by atoms with Crippen LogP contribution >= 0.6 is 0 Å². The van der Waals surface area contributed by atoms with Crippen LogP contribution in [-0.4, -0.2) is 36.6 Å². The van der Waals surface area contributed by atoms with Crippen LogP contribution in [0.25, 0.3) is 0 Å². The monoisotopic (exact) mass is 279 g/mol. The topological polar surface area (TPSA) is 29.1 Å². The minimum atomic E-state index is -0.293. The van der Waals surface area contributed by atoms with Crippen molar-refractivity contribution in [3.8, 4) is 0 Å². The molecule has 1 aromatic carbocycles. The number of likely N-dealkylation sites (N-methyl/N-ethyl adjacent to an activating group) is 1. The van der Waals surface area contributed by atoms with Gasteiger partial charge < -0.3 is 9.80 Å². The van der Waals surface area contributed by atoms with Gasteiger partial charge in [0.15, 0.2) is 6.04 Å². The van der Waals surface area contributed by atoms with Crippen molar-refractivity contribution in [3.63, 3.8) is 0 Å². The molecule has 1 aliphatic rings. The first-order valence-corrected chi connectivity index (χ1v) is 7.31. The Morgan fingerprint density at radius 3 is 2.35 bits per heavy atom. The van der Waals surface area contributed by atoms with Crippen LogP contribution in [0.2, 0.25) is 0 Å². The summed E-state index contributed by atoms with van der Waals surface area (Å²) in [6, 6.07) is 6.34. The van der Waals surface area contributed by atoms with Gasteiger partial charge in [-0.1, -0.05) is 0 Å². The largest absolute Gasteiger partial charge is 0.321 e. The Bertz CT molecular complexity index is 464. The highest BCUT2D eigenvalue weighted by molar-refractivity contribution is 5.93. The number of quaternary nitrogens is 1. The highest BCUT2D eigenvalue weighted by Crippen LogP contribution is 2.29. The third-order valence-electron chi connectivity index (χ3n) is 4.76. The Morgan fingerprint density at radius 2 is 1.80 bits per heavy atom. The van der Waals surface area contributed by atoms with E-state index >= 15 is 0 Å². The Balaban J connectivity index is 2.02. The Kier molecular flexibility index (Phi) is 4.43. The van der Waals surface area contributed by atoms with Crippen molar-refractivity contribution < 1.29 is 13.7 Å². The number of carbonyl (C=O) groups is 1. The van der Waals surface area contributed by atoms with Gasteiger partial charge in [0, 0.05) is 5.69 Å². The summed E-state index contributed by atoms with van der Waals surface area (Å²) in [4.78, 5) is 12.4. The van der Waals surface area contributed by atoms with Gasteiger partial charge in [-0.05, 0) is 56.9 Å². The van der Waals surface area contributed by atoms with Gasteiger partial charge in [0.25, 0.3) is 5.91 Å². The SMILES string of the molecule is C[C@@H](C(=O)Nc1ccc(F)cc1)[N+](C)(C)C1CCCC1. The second kappa shape index (κ2) is 5.92. The molecule has 110 valence electrons. The predicted molar refractivity (Wildman–Crippen MR) is 78.9 cm³/mol. The Hall–Kier alpha value is -1.42. The molecule has 1 N–H and O–H groups in total. The van der Waals surface area contributed by atoms with Gasteiger partial charge in [-0.2, -0.15) is 0 Å². The Morgan fingerprint density at radius 1 is 1.25 bits per heavy atom. The molecule has 2 rings (SSSR count). The number of nitrogens with zero attached hydrogens (tertiary/aromatic N) is 1. The number of halogens is 1. The molecular formula is C16H24FN2O+. The van der Waals surface area contributed by atoms with Crippen LogP contribution in [0.15, 0.2) is 24.3 Å². The van der Waals surface area contributed by atoms with Gasteiger partial charge >= 0.3 is 0 Å². The number of anilines is 1. The average Bonchev–Trinajstić information content (AvgIpc) is 2.95. The van der Waals surface area contributed by atoms with E-state index in [4.69, 9.17) is 0 Å². The van der Waals surface area contributed by atoms with Gasteiger partial charge in [0.1, 0.15) is 5.82 Å². The van der Waals surface area contributed by atoms with Crippen LogP contribution in [0.3, 0.4) is 0 Å². The molecule has 0 spiro atoms. The van der Waals surface area contributed by atoms with Crippen molar-refractivity contribution in [3.05, 3.63) is 30.1 Å².